The number of nitrogens with zero attached hydrogens (tertiary/aromatic N) is 6. The predicted molar refractivity (Wildman–Crippen MR) is 239 cm³/mol. The minimum Gasteiger partial charge on any atom is -0.504 e. The van der Waals surface area contributed by atoms with E-state index in [0.29, 0.717) is 30.3 Å². The van der Waals surface area contributed by atoms with Crippen LogP contribution in [0.3, 0.4) is 0 Å². The van der Waals surface area contributed by atoms with E-state index in [-0.39, 0.29) is 12.1 Å². The lowest BCUT2D eigenvalue weighted by atomic mass is 10.1. The number of azo groups is 3. The van der Waals surface area contributed by atoms with Gasteiger partial charge in [-0.2, -0.15) is 55.6 Å². The largest absolute Gasteiger partial charge is 0.504 e. The van der Waals surface area contributed by atoms with Crippen LogP contribution in [0.2, 0.25) is 0 Å². The molecule has 0 atom stereocenters. The number of phenols is 3. The number of hydrogen-bond donors (Lipinski definition) is 9. The van der Waals surface area contributed by atoms with E-state index < -0.39 is 197 Å². The smallest absolute Gasteiger partial charge is 0.397 e. The monoisotopic (exact) mass is 1180 g/mol. The van der Waals surface area contributed by atoms with Crippen molar-refractivity contribution in [2.24, 2.45) is 30.7 Å². The molecule has 0 radical (unpaired) electrons. The van der Waals surface area contributed by atoms with Crippen LogP contribution in [0.5, 0.6) is 17.2 Å². The van der Waals surface area contributed by atoms with Crippen molar-refractivity contribution in [3.8, 4) is 17.2 Å². The maximum Gasteiger partial charge on any atom is 0.397 e. The van der Waals surface area contributed by atoms with Crippen LogP contribution in [0, 0.1) is 0 Å². The van der Waals surface area contributed by atoms with Gasteiger partial charge in [0.15, 0.2) is 54.0 Å². The molecule has 5 aromatic rings. The molecule has 0 amide bonds. The average Bonchev–Trinajstić information content (AvgIpc) is 3.23. The Hall–Kier alpha value is -6.16. The number of sulfone groups is 2. The van der Waals surface area contributed by atoms with Gasteiger partial charge in [-0.3, -0.25) is 27.3 Å². The summed E-state index contributed by atoms with van der Waals surface area (Å²) in [5, 5.41) is 53.7. The summed E-state index contributed by atoms with van der Waals surface area (Å²) in [4.78, 5) is -6.70. The molecule has 9 N–H and O–H groups in total. The zero-order valence-corrected chi connectivity index (χ0v) is 41.5. The van der Waals surface area contributed by atoms with Crippen molar-refractivity contribution in [2.75, 3.05) is 24.7 Å². The topological polar surface area (TPSA) is 548 Å². The molecule has 0 heterocycles. The van der Waals surface area contributed by atoms with E-state index in [4.69, 9.17) is 9.11 Å². The van der Waals surface area contributed by atoms with Crippen molar-refractivity contribution in [2.45, 2.75) is 29.4 Å². The Kier molecular flexibility index (Phi) is 16.3. The van der Waals surface area contributed by atoms with Crippen molar-refractivity contribution in [3.05, 3.63) is 66.7 Å². The normalized spacial score (nSPS) is 13.7. The van der Waals surface area contributed by atoms with Crippen LogP contribution < -0.4 is 0 Å². The minimum atomic E-state index is -5.55. The summed E-state index contributed by atoms with van der Waals surface area (Å²) in [7, 11) is -41.3. The summed E-state index contributed by atoms with van der Waals surface area (Å²) in [6, 6.07) is 6.87. The van der Waals surface area contributed by atoms with E-state index >= 15 is 0 Å². The molecule has 0 aliphatic carbocycles. The first-order valence-corrected chi connectivity index (χ1v) is 30.0. The Morgan fingerprint density at radius 3 is 1.11 bits per heavy atom. The maximum atomic E-state index is 12.8. The molecule has 33 nitrogen and oxygen atoms in total. The van der Waals surface area contributed by atoms with Crippen LogP contribution in [0.15, 0.2) is 127 Å². The van der Waals surface area contributed by atoms with Crippen LogP contribution in [0.1, 0.15) is 0 Å². The van der Waals surface area contributed by atoms with Crippen LogP contribution in [-0.4, -0.2) is 135 Å². The summed E-state index contributed by atoms with van der Waals surface area (Å²) < 4.78 is 259. The van der Waals surface area contributed by atoms with Gasteiger partial charge in [0, 0.05) is 10.8 Å². The van der Waals surface area contributed by atoms with E-state index in [1.807, 2.05) is 0 Å². The van der Waals surface area contributed by atoms with Crippen molar-refractivity contribution in [3.63, 3.8) is 0 Å². The highest BCUT2D eigenvalue weighted by atomic mass is 32.3. The van der Waals surface area contributed by atoms with E-state index in [2.05, 4.69) is 39.1 Å². The lowest BCUT2D eigenvalue weighted by Gasteiger charge is -2.11. The highest BCUT2D eigenvalue weighted by molar-refractivity contribution is 7.92. The molecule has 0 fully saturated rings. The van der Waals surface area contributed by atoms with Crippen molar-refractivity contribution in [1.82, 2.24) is 0 Å². The first-order chi connectivity index (χ1) is 33.2. The molecule has 0 unspecified atom stereocenters. The second kappa shape index (κ2) is 20.6. The molecule has 0 aromatic heterocycles. The summed E-state index contributed by atoms with van der Waals surface area (Å²) >= 11 is 0. The number of rotatable bonds is 20. The predicted octanol–water partition coefficient (Wildman–Crippen LogP) is 3.38. The van der Waals surface area contributed by atoms with Crippen molar-refractivity contribution >= 4 is 126 Å². The van der Waals surface area contributed by atoms with Gasteiger partial charge in [-0.05, 0) is 54.6 Å². The van der Waals surface area contributed by atoms with Gasteiger partial charge in [0.1, 0.15) is 31.0 Å². The molecule has 73 heavy (non-hydrogen) atoms. The minimum absolute atomic E-state index is 0.261. The van der Waals surface area contributed by atoms with E-state index in [9.17, 15) is 101 Å². The van der Waals surface area contributed by atoms with Crippen molar-refractivity contribution < 1.29 is 118 Å². The Morgan fingerprint density at radius 2 is 0.753 bits per heavy atom. The van der Waals surface area contributed by atoms with E-state index in [1.165, 1.54) is 0 Å². The zero-order chi connectivity index (χ0) is 55.1. The van der Waals surface area contributed by atoms with Crippen LogP contribution in [0.25, 0.3) is 10.8 Å². The average molecular weight is 1190 g/mol. The van der Waals surface area contributed by atoms with Gasteiger partial charge in [0.05, 0.1) is 40.2 Å². The molecule has 0 aliphatic heterocycles. The summed E-state index contributed by atoms with van der Waals surface area (Å²) in [6.45, 7) is -2.39. The van der Waals surface area contributed by atoms with Gasteiger partial charge in [-0.25, -0.2) is 25.2 Å². The standard InChI is InChI=1S/C32H28N6O27S8/c39-30-27(36-33-16-12-20-19(24(13-16)69(49,50)51)2-1-3-23(20)68(46,47)48)31(40)29(38-35-22-7-5-18(15-26(22)71(55,56)57)67(44,45)11-9-65-73(61,62)63)32(41)28(30)37-34-21-6-4-17(14-25(21)70(52,53)54)66(42,43)10-8-64-72(58,59)60/h1-7,12-15,39-41H,8-11H2,(H,46,47,48)(H,49,50,51)(H,52,53,54)(H,55,56,57)(H,58,59,60)(H,61,62,63). The maximum absolute atomic E-state index is 12.8. The third-order valence-electron chi connectivity index (χ3n) is 8.89. The molecule has 0 saturated heterocycles. The number of aromatic hydroxyl groups is 3. The number of hydrogen-bond acceptors (Lipinski definition) is 27. The van der Waals surface area contributed by atoms with Crippen LogP contribution in [-0.2, 0) is 89.3 Å². The Bertz CT molecular complexity index is 3960. The van der Waals surface area contributed by atoms with Gasteiger partial charge >= 0.3 is 20.8 Å². The highest BCUT2D eigenvalue weighted by Crippen LogP contribution is 2.57. The molecule has 396 valence electrons. The Balaban J connectivity index is 1.76. The molecular formula is C32H28N6O27S8. The van der Waals surface area contributed by atoms with Gasteiger partial charge in [-0.15, -0.1) is 25.6 Å². The van der Waals surface area contributed by atoms with Gasteiger partial charge in [0.2, 0.25) is 0 Å². The lowest BCUT2D eigenvalue weighted by molar-refractivity contribution is 0.282. The molecule has 0 aliphatic rings. The fraction of sp³-hybridized carbons (Fsp3) is 0.125. The summed E-state index contributed by atoms with van der Waals surface area (Å²) in [5.41, 5.74) is -6.94. The molecule has 0 spiro atoms. The fourth-order valence-corrected chi connectivity index (χ4v) is 11.7. The molecule has 0 bridgehead atoms. The van der Waals surface area contributed by atoms with Gasteiger partial charge in [-0.1, -0.05) is 12.1 Å². The number of benzene rings is 5. The SMILES string of the molecule is O=S(=O)(O)OCCS(=O)(=O)c1ccc(N=Nc2c(O)c(N=Nc3cc(S(=O)(=O)O)c4cccc(S(=O)(=O)O)c4c3)c(O)c(N=Nc3ccc(S(=O)(=O)CCOS(=O)(=O)O)cc3S(=O)(=O)O)c2O)c(S(=O)(=O)O)c1. The second-order valence-corrected chi connectivity index (χ2v) is 25.7. The first-order valence-electron chi connectivity index (χ1n) is 18.2. The quantitative estimate of drug-likeness (QED) is 0.0398. The van der Waals surface area contributed by atoms with Crippen LogP contribution >= 0.6 is 0 Å². The molecule has 5 aromatic carbocycles. The fourth-order valence-electron chi connectivity index (χ4n) is 5.77. The number of phenolic OH excluding ortho intramolecular Hbond substituents is 3. The Labute approximate surface area is 410 Å². The second-order valence-electron chi connectivity index (χ2n) is 13.8. The molecule has 0 saturated carbocycles. The van der Waals surface area contributed by atoms with E-state index in [1.54, 1.807) is 0 Å². The molecule has 41 heteroatoms. The lowest BCUT2D eigenvalue weighted by Crippen LogP contribution is -2.16. The molecular weight excluding hydrogens is 1160 g/mol. The first kappa shape index (κ1) is 57.7. The highest BCUT2D eigenvalue weighted by Gasteiger charge is 2.29. The third-order valence-corrected chi connectivity index (χ3v) is 16.7. The van der Waals surface area contributed by atoms with E-state index in [0.717, 1.165) is 24.3 Å². The third kappa shape index (κ3) is 14.3. The van der Waals surface area contributed by atoms with Crippen LogP contribution in [0.4, 0.5) is 34.1 Å². The van der Waals surface area contributed by atoms with Gasteiger partial charge < -0.3 is 15.3 Å². The summed E-state index contributed by atoms with van der Waals surface area (Å²) in [5.74, 6) is -7.15. The van der Waals surface area contributed by atoms with Gasteiger partial charge in [0.25, 0.3) is 40.5 Å². The summed E-state index contributed by atoms with van der Waals surface area (Å²) in [6.07, 6.45) is 0. The zero-order valence-electron chi connectivity index (χ0n) is 35.0. The van der Waals surface area contributed by atoms with Crippen molar-refractivity contribution in [1.29, 1.82) is 0 Å². The Morgan fingerprint density at radius 1 is 0.384 bits per heavy atom. The number of fused-ring (bicyclic) bond motifs is 1. The molecule has 5 rings (SSSR count).